The molecule has 0 amide bonds. The number of fused-ring (bicyclic) bond motifs is 1. The quantitative estimate of drug-likeness (QED) is 0.843. The number of ether oxygens (including phenoxy) is 1. The lowest BCUT2D eigenvalue weighted by molar-refractivity contribution is -0.0587. The van der Waals surface area contributed by atoms with Crippen molar-refractivity contribution in [1.29, 1.82) is 0 Å². The highest BCUT2D eigenvalue weighted by atomic mass is 32.2. The van der Waals surface area contributed by atoms with E-state index in [0.29, 0.717) is 24.8 Å². The second-order valence-corrected chi connectivity index (χ2v) is 8.31. The fraction of sp³-hybridized carbons (Fsp3) is 1.00. The number of hydrogen-bond donors (Lipinski definition) is 1. The van der Waals surface area contributed by atoms with Crippen LogP contribution in [0.15, 0.2) is 0 Å². The third-order valence-electron chi connectivity index (χ3n) is 4.94. The Morgan fingerprint density at radius 2 is 1.85 bits per heavy atom. The molecule has 0 bridgehead atoms. The maximum absolute atomic E-state index is 12.8. The maximum atomic E-state index is 12.8. The van der Waals surface area contributed by atoms with Crippen molar-refractivity contribution in [2.75, 3.05) is 32.0 Å². The van der Waals surface area contributed by atoms with Crippen LogP contribution in [0.5, 0.6) is 0 Å². The standard InChI is InChI=1S/C14H26N2O3S/c17-20(18,11-12-5-7-15-8-6-12)16-9-10-19-14-4-2-1-3-13(14)16/h12-15H,1-11H2. The summed E-state index contributed by atoms with van der Waals surface area (Å²) in [5.41, 5.74) is 0. The van der Waals surface area contributed by atoms with Crippen LogP contribution in [0.4, 0.5) is 0 Å². The molecule has 3 fully saturated rings. The maximum Gasteiger partial charge on any atom is 0.214 e. The lowest BCUT2D eigenvalue weighted by atomic mass is 9.91. The van der Waals surface area contributed by atoms with Crippen molar-refractivity contribution >= 4 is 10.0 Å². The molecule has 3 aliphatic rings. The Hall–Kier alpha value is -0.170. The molecule has 1 saturated carbocycles. The topological polar surface area (TPSA) is 58.6 Å². The van der Waals surface area contributed by atoms with Crippen molar-refractivity contribution in [3.8, 4) is 0 Å². The van der Waals surface area contributed by atoms with Crippen LogP contribution in [0.3, 0.4) is 0 Å². The molecule has 2 aliphatic heterocycles. The number of rotatable bonds is 3. The number of nitrogens with one attached hydrogen (secondary N) is 1. The molecule has 2 atom stereocenters. The van der Waals surface area contributed by atoms with Crippen molar-refractivity contribution < 1.29 is 13.2 Å². The number of morpholine rings is 1. The minimum atomic E-state index is -3.13. The summed E-state index contributed by atoms with van der Waals surface area (Å²) in [5.74, 6) is 0.656. The SMILES string of the molecule is O=S(=O)(CC1CCNCC1)N1CCOC2CCCCC21. The molecule has 5 nitrogen and oxygen atoms in total. The van der Waals surface area contributed by atoms with Gasteiger partial charge < -0.3 is 10.1 Å². The predicted molar refractivity (Wildman–Crippen MR) is 78.1 cm³/mol. The first-order valence-corrected chi connectivity index (χ1v) is 9.59. The second kappa shape index (κ2) is 6.30. The molecule has 2 saturated heterocycles. The molecule has 1 aliphatic carbocycles. The average Bonchev–Trinajstić information content (AvgIpc) is 2.47. The molecular weight excluding hydrogens is 276 g/mol. The Kier molecular flexibility index (Phi) is 4.65. The van der Waals surface area contributed by atoms with Gasteiger partial charge >= 0.3 is 0 Å². The molecule has 2 heterocycles. The third-order valence-corrected chi connectivity index (χ3v) is 7.00. The van der Waals surface area contributed by atoms with E-state index < -0.39 is 10.0 Å². The van der Waals surface area contributed by atoms with E-state index in [1.54, 1.807) is 4.31 Å². The van der Waals surface area contributed by atoms with Gasteiger partial charge in [0.05, 0.1) is 24.5 Å². The van der Waals surface area contributed by atoms with Gasteiger partial charge in [-0.15, -0.1) is 0 Å². The summed E-state index contributed by atoms with van der Waals surface area (Å²) in [6.45, 7) is 3.02. The van der Waals surface area contributed by atoms with Gasteiger partial charge in [-0.05, 0) is 44.7 Å². The molecule has 116 valence electrons. The van der Waals surface area contributed by atoms with Gasteiger partial charge in [0, 0.05) is 6.54 Å². The van der Waals surface area contributed by atoms with Gasteiger partial charge in [-0.25, -0.2) is 8.42 Å². The normalized spacial score (nSPS) is 33.8. The van der Waals surface area contributed by atoms with Crippen LogP contribution in [0, 0.1) is 5.92 Å². The van der Waals surface area contributed by atoms with Crippen LogP contribution in [0.25, 0.3) is 0 Å². The van der Waals surface area contributed by atoms with Gasteiger partial charge in [0.25, 0.3) is 0 Å². The molecular formula is C14H26N2O3S. The largest absolute Gasteiger partial charge is 0.375 e. The lowest BCUT2D eigenvalue weighted by Crippen LogP contribution is -2.55. The average molecular weight is 302 g/mol. The third kappa shape index (κ3) is 3.18. The van der Waals surface area contributed by atoms with Crippen LogP contribution in [0.2, 0.25) is 0 Å². The zero-order valence-corrected chi connectivity index (χ0v) is 12.9. The summed E-state index contributed by atoms with van der Waals surface area (Å²) >= 11 is 0. The second-order valence-electron chi connectivity index (χ2n) is 6.34. The van der Waals surface area contributed by atoms with E-state index >= 15 is 0 Å². The van der Waals surface area contributed by atoms with Gasteiger partial charge in [0.15, 0.2) is 0 Å². The van der Waals surface area contributed by atoms with E-state index in [1.165, 1.54) is 6.42 Å². The van der Waals surface area contributed by atoms with Gasteiger partial charge in [-0.3, -0.25) is 0 Å². The molecule has 0 spiro atoms. The molecule has 3 rings (SSSR count). The zero-order chi connectivity index (χ0) is 14.0. The smallest absolute Gasteiger partial charge is 0.214 e. The van der Waals surface area contributed by atoms with Crippen molar-refractivity contribution in [3.05, 3.63) is 0 Å². The van der Waals surface area contributed by atoms with E-state index in [-0.39, 0.29) is 12.1 Å². The summed E-state index contributed by atoms with van der Waals surface area (Å²) in [5, 5.41) is 3.30. The van der Waals surface area contributed by atoms with Crippen LogP contribution in [0.1, 0.15) is 38.5 Å². The van der Waals surface area contributed by atoms with Gasteiger partial charge in [0.2, 0.25) is 10.0 Å². The number of hydrogen-bond acceptors (Lipinski definition) is 4. The fourth-order valence-electron chi connectivity index (χ4n) is 3.85. The monoisotopic (exact) mass is 302 g/mol. The van der Waals surface area contributed by atoms with Crippen LogP contribution >= 0.6 is 0 Å². The van der Waals surface area contributed by atoms with Gasteiger partial charge in [-0.2, -0.15) is 4.31 Å². The Labute approximate surface area is 122 Å². The first-order valence-electron chi connectivity index (χ1n) is 7.99. The summed E-state index contributed by atoms with van der Waals surface area (Å²) in [6.07, 6.45) is 6.39. The van der Waals surface area contributed by atoms with E-state index in [2.05, 4.69) is 5.32 Å². The van der Waals surface area contributed by atoms with Crippen molar-refractivity contribution in [2.24, 2.45) is 5.92 Å². The van der Waals surface area contributed by atoms with E-state index in [9.17, 15) is 8.42 Å². The fourth-order valence-corrected chi connectivity index (χ4v) is 5.98. The molecule has 6 heteroatoms. The van der Waals surface area contributed by atoms with Crippen LogP contribution < -0.4 is 5.32 Å². The number of piperidine rings is 1. The minimum absolute atomic E-state index is 0.101. The van der Waals surface area contributed by atoms with Crippen molar-refractivity contribution in [1.82, 2.24) is 9.62 Å². The van der Waals surface area contributed by atoms with Crippen molar-refractivity contribution in [3.63, 3.8) is 0 Å². The van der Waals surface area contributed by atoms with Gasteiger partial charge in [0.1, 0.15) is 0 Å². The van der Waals surface area contributed by atoms with E-state index in [0.717, 1.165) is 45.2 Å². The summed E-state index contributed by atoms with van der Waals surface area (Å²) in [6, 6.07) is 0.101. The molecule has 20 heavy (non-hydrogen) atoms. The van der Waals surface area contributed by atoms with Crippen molar-refractivity contribution in [2.45, 2.75) is 50.7 Å². The Balaban J connectivity index is 1.68. The molecule has 0 aromatic carbocycles. The number of nitrogens with zero attached hydrogens (tertiary/aromatic N) is 1. The Bertz CT molecular complexity index is 418. The summed E-state index contributed by atoms with van der Waals surface area (Å²) < 4.78 is 33.1. The molecule has 1 N–H and O–H groups in total. The molecule has 0 aromatic heterocycles. The summed E-state index contributed by atoms with van der Waals surface area (Å²) in [7, 11) is -3.13. The van der Waals surface area contributed by atoms with Gasteiger partial charge in [-0.1, -0.05) is 12.8 Å². The highest BCUT2D eigenvalue weighted by molar-refractivity contribution is 7.89. The first kappa shape index (κ1) is 14.8. The summed E-state index contributed by atoms with van der Waals surface area (Å²) in [4.78, 5) is 0. The Morgan fingerprint density at radius 3 is 2.65 bits per heavy atom. The van der Waals surface area contributed by atoms with Crippen LogP contribution in [-0.4, -0.2) is 56.9 Å². The molecule has 0 radical (unpaired) electrons. The minimum Gasteiger partial charge on any atom is -0.375 e. The van der Waals surface area contributed by atoms with E-state index in [4.69, 9.17) is 4.74 Å². The molecule has 0 aromatic rings. The van der Waals surface area contributed by atoms with Crippen LogP contribution in [-0.2, 0) is 14.8 Å². The number of sulfonamides is 1. The van der Waals surface area contributed by atoms with E-state index in [1.807, 2.05) is 0 Å². The zero-order valence-electron chi connectivity index (χ0n) is 12.1. The predicted octanol–water partition coefficient (Wildman–Crippen LogP) is 0.959. The first-order chi connectivity index (χ1) is 9.67. The highest BCUT2D eigenvalue weighted by Gasteiger charge is 2.40. The Morgan fingerprint density at radius 1 is 1.10 bits per heavy atom. The highest BCUT2D eigenvalue weighted by Crippen LogP contribution is 2.31. The lowest BCUT2D eigenvalue weighted by Gasteiger charge is -2.43. The molecule has 2 unspecified atom stereocenters.